The van der Waals surface area contributed by atoms with Gasteiger partial charge in [-0.05, 0) is 76.6 Å². The van der Waals surface area contributed by atoms with Crippen LogP contribution in [0, 0.1) is 12.8 Å². The van der Waals surface area contributed by atoms with E-state index in [9.17, 15) is 14.7 Å². The number of imidazole rings is 1. The van der Waals surface area contributed by atoms with Crippen molar-refractivity contribution in [1.29, 1.82) is 0 Å². The Morgan fingerprint density at radius 1 is 1.24 bits per heavy atom. The topological polar surface area (TPSA) is 108 Å². The average Bonchev–Trinajstić information content (AvgIpc) is 3.22. The fourth-order valence-corrected chi connectivity index (χ4v) is 5.05. The van der Waals surface area contributed by atoms with Gasteiger partial charge >= 0.3 is 5.97 Å². The van der Waals surface area contributed by atoms with Gasteiger partial charge < -0.3 is 29.0 Å². The molecule has 0 saturated carbocycles. The minimum Gasteiger partial charge on any atom is -0.462 e. The molecular formula is C29H40N4O5. The van der Waals surface area contributed by atoms with Crippen molar-refractivity contribution in [2.45, 2.75) is 71.8 Å². The van der Waals surface area contributed by atoms with Crippen LogP contribution in [-0.2, 0) is 34.3 Å². The first-order valence-corrected chi connectivity index (χ1v) is 13.5. The zero-order chi connectivity index (χ0) is 27.4. The molecule has 0 aliphatic carbocycles. The number of carbonyl (C=O) groups excluding carboxylic acids is 1. The van der Waals surface area contributed by atoms with Gasteiger partial charge in [-0.15, -0.1) is 0 Å². The van der Waals surface area contributed by atoms with E-state index < -0.39 is 18.1 Å². The summed E-state index contributed by atoms with van der Waals surface area (Å²) in [4.78, 5) is 29.7. The summed E-state index contributed by atoms with van der Waals surface area (Å²) >= 11 is 0. The van der Waals surface area contributed by atoms with Crippen LogP contribution in [0.4, 0.5) is 0 Å². The smallest absolute Gasteiger partial charge is 0.326 e. The molecule has 2 N–H and O–H groups in total. The Morgan fingerprint density at radius 3 is 2.63 bits per heavy atom. The van der Waals surface area contributed by atoms with Gasteiger partial charge in [0.05, 0.1) is 23.2 Å². The zero-order valence-electron chi connectivity index (χ0n) is 23.1. The van der Waals surface area contributed by atoms with E-state index in [0.717, 1.165) is 60.6 Å². The van der Waals surface area contributed by atoms with Gasteiger partial charge in [0, 0.05) is 50.7 Å². The predicted octanol–water partition coefficient (Wildman–Crippen LogP) is 2.97. The lowest BCUT2D eigenvalue weighted by Crippen LogP contribution is -2.47. The summed E-state index contributed by atoms with van der Waals surface area (Å²) in [6.45, 7) is 9.90. The molecule has 9 heteroatoms. The standard InChI is InChI=1S/C29H40N4O5/c1-18(2)38-29(36)26(20(4)34)30-11-8-21-6-7-25-24(15-21)31-27(23-14-19(3)28(35)32(5)17-23)33(25)16-22-9-12-37-13-10-22/h6-7,14-15,17-18,20,22,26,30,34H,8-13,16H2,1-5H3. The maximum atomic E-state index is 12.3. The molecule has 3 heterocycles. The van der Waals surface area contributed by atoms with Gasteiger partial charge in [0.2, 0.25) is 0 Å². The van der Waals surface area contributed by atoms with E-state index in [1.54, 1.807) is 32.4 Å². The molecule has 0 amide bonds. The maximum Gasteiger partial charge on any atom is 0.326 e. The molecule has 4 rings (SSSR count). The monoisotopic (exact) mass is 524 g/mol. The van der Waals surface area contributed by atoms with Crippen molar-refractivity contribution in [1.82, 2.24) is 19.4 Å². The van der Waals surface area contributed by atoms with Crippen molar-refractivity contribution in [3.63, 3.8) is 0 Å². The predicted molar refractivity (Wildman–Crippen MR) is 147 cm³/mol. The second kappa shape index (κ2) is 12.2. The lowest BCUT2D eigenvalue weighted by Gasteiger charge is -2.23. The Balaban J connectivity index is 1.60. The number of nitrogens with one attached hydrogen (secondary N) is 1. The largest absolute Gasteiger partial charge is 0.462 e. The third-order valence-electron chi connectivity index (χ3n) is 7.08. The number of fused-ring (bicyclic) bond motifs is 1. The van der Waals surface area contributed by atoms with Crippen LogP contribution in [0.5, 0.6) is 0 Å². The number of aliphatic hydroxyl groups is 1. The summed E-state index contributed by atoms with van der Waals surface area (Å²) < 4.78 is 14.7. The summed E-state index contributed by atoms with van der Waals surface area (Å²) in [6, 6.07) is 7.42. The second-order valence-corrected chi connectivity index (χ2v) is 10.7. The van der Waals surface area contributed by atoms with E-state index in [1.165, 1.54) is 0 Å². The molecule has 0 spiro atoms. The molecular weight excluding hydrogens is 484 g/mol. The number of rotatable bonds is 10. The number of hydrogen-bond donors (Lipinski definition) is 2. The molecule has 1 aromatic carbocycles. The normalized spacial score (nSPS) is 16.2. The quantitative estimate of drug-likeness (QED) is 0.393. The number of aliphatic hydroxyl groups excluding tert-OH is 1. The minimum atomic E-state index is -0.863. The first-order chi connectivity index (χ1) is 18.1. The highest BCUT2D eigenvalue weighted by Crippen LogP contribution is 2.29. The molecule has 1 saturated heterocycles. The molecule has 38 heavy (non-hydrogen) atoms. The van der Waals surface area contributed by atoms with Crippen LogP contribution in [0.1, 0.15) is 44.7 Å². The Bertz CT molecular complexity index is 1290. The molecule has 206 valence electrons. The first kappa shape index (κ1) is 28.0. The highest BCUT2D eigenvalue weighted by molar-refractivity contribution is 5.81. The van der Waals surface area contributed by atoms with Gasteiger partial charge in [-0.3, -0.25) is 9.59 Å². The fourth-order valence-electron chi connectivity index (χ4n) is 5.05. The number of aryl methyl sites for hydroxylation is 2. The number of carbonyl (C=O) groups is 1. The summed E-state index contributed by atoms with van der Waals surface area (Å²) in [5.74, 6) is 0.904. The Kier molecular flexibility index (Phi) is 9.02. The van der Waals surface area contributed by atoms with Crippen LogP contribution in [0.15, 0.2) is 35.3 Å². The van der Waals surface area contributed by atoms with Gasteiger partial charge in [-0.1, -0.05) is 6.07 Å². The van der Waals surface area contributed by atoms with E-state index in [2.05, 4.69) is 28.1 Å². The van der Waals surface area contributed by atoms with Crippen molar-refractivity contribution in [2.24, 2.45) is 13.0 Å². The summed E-state index contributed by atoms with van der Waals surface area (Å²) in [6.07, 6.45) is 3.44. The fraction of sp³-hybridized carbons (Fsp3) is 0.552. The molecule has 0 radical (unpaired) electrons. The van der Waals surface area contributed by atoms with E-state index in [4.69, 9.17) is 14.5 Å². The van der Waals surface area contributed by atoms with Crippen molar-refractivity contribution < 1.29 is 19.4 Å². The van der Waals surface area contributed by atoms with Crippen molar-refractivity contribution >= 4 is 17.0 Å². The highest BCUT2D eigenvalue weighted by Gasteiger charge is 2.25. The number of aromatic nitrogens is 3. The molecule has 3 aromatic rings. The number of hydrogen-bond acceptors (Lipinski definition) is 7. The van der Waals surface area contributed by atoms with Gasteiger partial charge in [-0.2, -0.15) is 0 Å². The van der Waals surface area contributed by atoms with E-state index in [1.807, 2.05) is 19.2 Å². The van der Waals surface area contributed by atoms with E-state index in [0.29, 0.717) is 24.4 Å². The molecule has 2 aromatic heterocycles. The van der Waals surface area contributed by atoms with Crippen LogP contribution < -0.4 is 10.9 Å². The summed E-state index contributed by atoms with van der Waals surface area (Å²) in [5, 5.41) is 13.2. The third-order valence-corrected chi connectivity index (χ3v) is 7.08. The van der Waals surface area contributed by atoms with Gasteiger partial charge in [0.1, 0.15) is 11.9 Å². The number of benzene rings is 1. The van der Waals surface area contributed by atoms with Crippen molar-refractivity contribution in [3.05, 3.63) is 51.9 Å². The molecule has 1 aliphatic rings. The lowest BCUT2D eigenvalue weighted by atomic mass is 10.00. The van der Waals surface area contributed by atoms with Gasteiger partial charge in [0.25, 0.3) is 5.56 Å². The Hall–Kier alpha value is -3.01. The van der Waals surface area contributed by atoms with E-state index in [-0.39, 0.29) is 11.7 Å². The minimum absolute atomic E-state index is 0.0107. The zero-order valence-corrected chi connectivity index (χ0v) is 23.1. The van der Waals surface area contributed by atoms with Crippen LogP contribution in [-0.4, -0.2) is 63.2 Å². The lowest BCUT2D eigenvalue weighted by molar-refractivity contribution is -0.152. The average molecular weight is 525 g/mol. The van der Waals surface area contributed by atoms with Crippen LogP contribution in [0.2, 0.25) is 0 Å². The number of ether oxygens (including phenoxy) is 2. The van der Waals surface area contributed by atoms with Crippen molar-refractivity contribution in [3.8, 4) is 11.4 Å². The SMILES string of the molecule is Cc1cc(-c2nc3cc(CCNC(C(=O)OC(C)C)C(C)O)ccc3n2CC2CCOCC2)cn(C)c1=O. The number of pyridine rings is 1. The molecule has 0 bridgehead atoms. The molecule has 1 aliphatic heterocycles. The van der Waals surface area contributed by atoms with Crippen molar-refractivity contribution in [2.75, 3.05) is 19.8 Å². The van der Waals surface area contributed by atoms with Crippen LogP contribution >= 0.6 is 0 Å². The Labute approximate surface area is 223 Å². The second-order valence-electron chi connectivity index (χ2n) is 10.7. The van der Waals surface area contributed by atoms with E-state index >= 15 is 0 Å². The number of nitrogens with zero attached hydrogens (tertiary/aromatic N) is 3. The van der Waals surface area contributed by atoms with Crippen LogP contribution in [0.25, 0.3) is 22.4 Å². The molecule has 9 nitrogen and oxygen atoms in total. The molecule has 1 fully saturated rings. The summed E-state index contributed by atoms with van der Waals surface area (Å²) in [5.41, 5.74) is 4.61. The third kappa shape index (κ3) is 6.51. The van der Waals surface area contributed by atoms with Gasteiger partial charge in [-0.25, -0.2) is 4.98 Å². The molecule has 2 unspecified atom stereocenters. The number of esters is 1. The Morgan fingerprint density at radius 2 is 1.97 bits per heavy atom. The molecule has 2 atom stereocenters. The maximum absolute atomic E-state index is 12.3. The van der Waals surface area contributed by atoms with Crippen LogP contribution in [0.3, 0.4) is 0 Å². The summed E-state index contributed by atoms with van der Waals surface area (Å²) in [7, 11) is 1.77. The van der Waals surface area contributed by atoms with Gasteiger partial charge in [0.15, 0.2) is 0 Å². The highest BCUT2D eigenvalue weighted by atomic mass is 16.5. The first-order valence-electron chi connectivity index (χ1n) is 13.5.